The van der Waals surface area contributed by atoms with Gasteiger partial charge in [-0.15, -0.1) is 0 Å². The van der Waals surface area contributed by atoms with Crippen LogP contribution in [0, 0.1) is 5.41 Å². The molecule has 0 aliphatic rings. The van der Waals surface area contributed by atoms with Gasteiger partial charge in [0.2, 0.25) is 0 Å². The van der Waals surface area contributed by atoms with E-state index in [1.807, 2.05) is 0 Å². The zero-order valence-electron chi connectivity index (χ0n) is 5.07. The molecule has 0 aliphatic heterocycles. The van der Waals surface area contributed by atoms with E-state index in [0.717, 1.165) is 18.6 Å². The molecule has 0 unspecified atom stereocenters. The monoisotopic (exact) mass is 132 g/mol. The maximum absolute atomic E-state index is 7.10. The molecule has 0 fully saturated rings. The molecule has 0 spiro atoms. The molecule has 2 nitrogen and oxygen atoms in total. The first-order valence-electron chi connectivity index (χ1n) is 2.67. The number of nitrogens with one attached hydrogen (secondary N) is 2. The number of hydrogen-bond donors (Lipinski definition) is 3. The lowest BCUT2D eigenvalue weighted by Gasteiger charge is -1.97. The fourth-order valence-electron chi connectivity index (χ4n) is 0.381. The molecular formula is C5H12N2S. The maximum atomic E-state index is 7.10. The van der Waals surface area contributed by atoms with Crippen molar-refractivity contribution in [2.24, 2.45) is 0 Å². The first-order chi connectivity index (χ1) is 3.81. The summed E-state index contributed by atoms with van der Waals surface area (Å²) in [5, 5.41) is 9.84. The number of amidine groups is 1. The summed E-state index contributed by atoms with van der Waals surface area (Å²) in [6, 6.07) is 0. The summed E-state index contributed by atoms with van der Waals surface area (Å²) in [5.41, 5.74) is 0. The molecule has 0 aliphatic carbocycles. The standard InChI is InChI=1S/C5H12N2S/c1-7-5(6)3-2-4-8/h8H,2-4H2,1H3,(H2,6,7). The van der Waals surface area contributed by atoms with Crippen LogP contribution < -0.4 is 5.32 Å². The van der Waals surface area contributed by atoms with Gasteiger partial charge >= 0.3 is 0 Å². The van der Waals surface area contributed by atoms with Crippen LogP contribution in [0.3, 0.4) is 0 Å². The van der Waals surface area contributed by atoms with Gasteiger partial charge in [0.15, 0.2) is 0 Å². The van der Waals surface area contributed by atoms with Gasteiger partial charge in [-0.1, -0.05) is 0 Å². The normalized spacial score (nSPS) is 8.75. The summed E-state index contributed by atoms with van der Waals surface area (Å²) in [7, 11) is 1.76. The quantitative estimate of drug-likeness (QED) is 0.298. The Morgan fingerprint density at radius 2 is 2.38 bits per heavy atom. The van der Waals surface area contributed by atoms with E-state index in [2.05, 4.69) is 17.9 Å². The van der Waals surface area contributed by atoms with E-state index in [0.29, 0.717) is 5.84 Å². The van der Waals surface area contributed by atoms with E-state index < -0.39 is 0 Å². The summed E-state index contributed by atoms with van der Waals surface area (Å²) >= 11 is 4.01. The molecule has 0 heterocycles. The van der Waals surface area contributed by atoms with Crippen LogP contribution in [-0.2, 0) is 0 Å². The van der Waals surface area contributed by atoms with Crippen molar-refractivity contribution >= 4 is 18.5 Å². The van der Waals surface area contributed by atoms with Crippen molar-refractivity contribution in [2.75, 3.05) is 12.8 Å². The van der Waals surface area contributed by atoms with Crippen LogP contribution in [0.4, 0.5) is 0 Å². The van der Waals surface area contributed by atoms with Crippen LogP contribution >= 0.6 is 12.6 Å². The second-order valence-electron chi connectivity index (χ2n) is 1.56. The van der Waals surface area contributed by atoms with Gasteiger partial charge in [-0.3, -0.25) is 5.41 Å². The van der Waals surface area contributed by atoms with Crippen molar-refractivity contribution in [3.05, 3.63) is 0 Å². The van der Waals surface area contributed by atoms with Gasteiger partial charge in [0.05, 0.1) is 5.84 Å². The average Bonchev–Trinajstić information content (AvgIpc) is 1.83. The predicted octanol–water partition coefficient (Wildman–Crippen LogP) is 0.893. The second-order valence-corrected chi connectivity index (χ2v) is 2.00. The Morgan fingerprint density at radius 3 is 2.75 bits per heavy atom. The van der Waals surface area contributed by atoms with Crippen molar-refractivity contribution < 1.29 is 0 Å². The third-order valence-corrected chi connectivity index (χ3v) is 1.20. The molecule has 0 aromatic carbocycles. The third kappa shape index (κ3) is 3.99. The van der Waals surface area contributed by atoms with Gasteiger partial charge in [-0.05, 0) is 12.2 Å². The SMILES string of the molecule is CNC(=N)CCCS. The van der Waals surface area contributed by atoms with Crippen LogP contribution in [0.5, 0.6) is 0 Å². The number of rotatable bonds is 3. The van der Waals surface area contributed by atoms with E-state index in [4.69, 9.17) is 5.41 Å². The number of hydrogen-bond acceptors (Lipinski definition) is 2. The molecule has 48 valence electrons. The fraction of sp³-hybridized carbons (Fsp3) is 0.800. The molecule has 0 amide bonds. The Labute approximate surface area is 55.6 Å². The molecule has 3 heteroatoms. The highest BCUT2D eigenvalue weighted by atomic mass is 32.1. The van der Waals surface area contributed by atoms with E-state index in [1.54, 1.807) is 7.05 Å². The lowest BCUT2D eigenvalue weighted by molar-refractivity contribution is 0.946. The second kappa shape index (κ2) is 4.97. The molecule has 0 aromatic heterocycles. The molecule has 0 atom stereocenters. The lowest BCUT2D eigenvalue weighted by Crippen LogP contribution is -2.16. The summed E-state index contributed by atoms with van der Waals surface area (Å²) in [5.74, 6) is 1.46. The Morgan fingerprint density at radius 1 is 1.75 bits per heavy atom. The summed E-state index contributed by atoms with van der Waals surface area (Å²) in [6.45, 7) is 0. The minimum absolute atomic E-state index is 0.596. The predicted molar refractivity (Wildman–Crippen MR) is 39.9 cm³/mol. The largest absolute Gasteiger partial charge is 0.377 e. The van der Waals surface area contributed by atoms with Crippen LogP contribution in [0.2, 0.25) is 0 Å². The van der Waals surface area contributed by atoms with Crippen molar-refractivity contribution in [1.82, 2.24) is 5.32 Å². The minimum atomic E-state index is 0.596. The first-order valence-corrected chi connectivity index (χ1v) is 3.30. The van der Waals surface area contributed by atoms with E-state index in [1.165, 1.54) is 0 Å². The molecule has 2 N–H and O–H groups in total. The highest BCUT2D eigenvalue weighted by molar-refractivity contribution is 7.80. The summed E-state index contributed by atoms with van der Waals surface area (Å²) < 4.78 is 0. The maximum Gasteiger partial charge on any atom is 0.0929 e. The van der Waals surface area contributed by atoms with Gasteiger partial charge in [0.1, 0.15) is 0 Å². The van der Waals surface area contributed by atoms with Crippen LogP contribution in [0.25, 0.3) is 0 Å². The minimum Gasteiger partial charge on any atom is -0.377 e. The van der Waals surface area contributed by atoms with Crippen LogP contribution in [0.1, 0.15) is 12.8 Å². The van der Waals surface area contributed by atoms with Gasteiger partial charge < -0.3 is 5.32 Å². The molecule has 8 heavy (non-hydrogen) atoms. The topological polar surface area (TPSA) is 35.9 Å². The Kier molecular flexibility index (Phi) is 4.85. The van der Waals surface area contributed by atoms with Crippen molar-refractivity contribution in [2.45, 2.75) is 12.8 Å². The van der Waals surface area contributed by atoms with Gasteiger partial charge in [0, 0.05) is 13.5 Å². The van der Waals surface area contributed by atoms with Crippen LogP contribution in [0.15, 0.2) is 0 Å². The molecule has 0 bridgehead atoms. The van der Waals surface area contributed by atoms with E-state index >= 15 is 0 Å². The van der Waals surface area contributed by atoms with Crippen molar-refractivity contribution in [3.63, 3.8) is 0 Å². The van der Waals surface area contributed by atoms with Crippen molar-refractivity contribution in [1.29, 1.82) is 5.41 Å². The average molecular weight is 132 g/mol. The van der Waals surface area contributed by atoms with Crippen LogP contribution in [-0.4, -0.2) is 18.6 Å². The zero-order valence-corrected chi connectivity index (χ0v) is 5.96. The number of thiol groups is 1. The molecular weight excluding hydrogens is 120 g/mol. The molecule has 0 aromatic rings. The van der Waals surface area contributed by atoms with Gasteiger partial charge in [-0.2, -0.15) is 12.6 Å². The highest BCUT2D eigenvalue weighted by Gasteiger charge is 1.88. The third-order valence-electron chi connectivity index (χ3n) is 0.887. The highest BCUT2D eigenvalue weighted by Crippen LogP contribution is 1.89. The zero-order chi connectivity index (χ0) is 6.41. The Balaban J connectivity index is 2.99. The van der Waals surface area contributed by atoms with Gasteiger partial charge in [0.25, 0.3) is 0 Å². The molecule has 0 radical (unpaired) electrons. The summed E-state index contributed by atoms with van der Waals surface area (Å²) in [4.78, 5) is 0. The Hall–Kier alpha value is -0.180. The smallest absolute Gasteiger partial charge is 0.0929 e. The van der Waals surface area contributed by atoms with E-state index in [9.17, 15) is 0 Å². The lowest BCUT2D eigenvalue weighted by atomic mass is 10.3. The van der Waals surface area contributed by atoms with Gasteiger partial charge in [-0.25, -0.2) is 0 Å². The Bertz CT molecular complexity index is 72.8. The first kappa shape index (κ1) is 7.82. The van der Waals surface area contributed by atoms with E-state index in [-0.39, 0.29) is 0 Å². The van der Waals surface area contributed by atoms with Crippen molar-refractivity contribution in [3.8, 4) is 0 Å². The summed E-state index contributed by atoms with van der Waals surface area (Å²) in [6.07, 6.45) is 1.81. The molecule has 0 rings (SSSR count). The molecule has 0 saturated carbocycles. The fourth-order valence-corrected chi connectivity index (χ4v) is 0.539. The molecule has 0 saturated heterocycles.